The average Bonchev–Trinajstić information content (AvgIpc) is 3.11. The molecule has 0 aliphatic heterocycles. The first-order valence-electron chi connectivity index (χ1n) is 8.81. The van der Waals surface area contributed by atoms with Gasteiger partial charge in [0.25, 0.3) is 0 Å². The highest BCUT2D eigenvalue weighted by molar-refractivity contribution is 5.80. The van der Waals surface area contributed by atoms with Gasteiger partial charge in [0.15, 0.2) is 5.76 Å². The monoisotopic (exact) mass is 349 g/mol. The zero-order valence-corrected chi connectivity index (χ0v) is 15.0. The zero-order chi connectivity index (χ0) is 18.2. The van der Waals surface area contributed by atoms with Gasteiger partial charge in [-0.3, -0.25) is 9.78 Å². The smallest absolute Gasteiger partial charge is 0.202 e. The molecule has 0 unspecified atom stereocenters. The predicted octanol–water partition coefficient (Wildman–Crippen LogP) is 3.76. The van der Waals surface area contributed by atoms with Crippen LogP contribution in [0.3, 0.4) is 0 Å². The van der Waals surface area contributed by atoms with Crippen LogP contribution in [-0.4, -0.2) is 34.2 Å². The van der Waals surface area contributed by atoms with Crippen molar-refractivity contribution < 1.29 is 9.21 Å². The molecule has 5 nitrogen and oxygen atoms in total. The van der Waals surface area contributed by atoms with E-state index in [0.29, 0.717) is 18.1 Å². The maximum atomic E-state index is 12.2. The third-order valence-corrected chi connectivity index (χ3v) is 4.11. The second-order valence-electron chi connectivity index (χ2n) is 6.38. The number of hydrogen-bond acceptors (Lipinski definition) is 5. The van der Waals surface area contributed by atoms with Crippen LogP contribution in [0.25, 0.3) is 11.5 Å². The number of rotatable bonds is 9. The van der Waals surface area contributed by atoms with Gasteiger partial charge in [-0.2, -0.15) is 0 Å². The topological polar surface area (TPSA) is 59.2 Å². The number of oxazole rings is 1. The lowest BCUT2D eigenvalue weighted by molar-refractivity contribution is -0.118. The Kier molecular flexibility index (Phi) is 6.28. The zero-order valence-electron chi connectivity index (χ0n) is 15.0. The van der Waals surface area contributed by atoms with E-state index in [-0.39, 0.29) is 12.2 Å². The summed E-state index contributed by atoms with van der Waals surface area (Å²) < 4.78 is 5.64. The summed E-state index contributed by atoms with van der Waals surface area (Å²) in [6.07, 6.45) is 4.92. The summed E-state index contributed by atoms with van der Waals surface area (Å²) in [5.74, 6) is 1.19. The van der Waals surface area contributed by atoms with Gasteiger partial charge in [0.2, 0.25) is 5.89 Å². The minimum Gasteiger partial charge on any atom is -0.439 e. The molecule has 3 aromatic rings. The van der Waals surface area contributed by atoms with E-state index in [1.807, 2.05) is 36.4 Å². The number of carbonyl (C=O) groups is 1. The Morgan fingerprint density at radius 1 is 1.08 bits per heavy atom. The van der Waals surface area contributed by atoms with Crippen molar-refractivity contribution in [3.05, 3.63) is 72.4 Å². The molecule has 3 rings (SSSR count). The highest BCUT2D eigenvalue weighted by Crippen LogP contribution is 2.18. The number of benzene rings is 1. The number of ketones is 1. The van der Waals surface area contributed by atoms with Crippen molar-refractivity contribution in [3.63, 3.8) is 0 Å². The number of aromatic nitrogens is 2. The van der Waals surface area contributed by atoms with Crippen molar-refractivity contribution in [2.75, 3.05) is 13.6 Å². The lowest BCUT2D eigenvalue weighted by atomic mass is 10.1. The molecule has 134 valence electrons. The molecule has 0 spiro atoms. The Hall–Kier alpha value is -2.79. The summed E-state index contributed by atoms with van der Waals surface area (Å²) in [5, 5.41) is 0. The van der Waals surface area contributed by atoms with Crippen molar-refractivity contribution in [1.82, 2.24) is 14.9 Å². The Balaban J connectivity index is 1.41. The van der Waals surface area contributed by atoms with Crippen molar-refractivity contribution in [3.8, 4) is 11.5 Å². The fourth-order valence-electron chi connectivity index (χ4n) is 2.80. The second-order valence-corrected chi connectivity index (χ2v) is 6.38. The first kappa shape index (κ1) is 18.0. The van der Waals surface area contributed by atoms with Crippen molar-refractivity contribution in [2.24, 2.45) is 0 Å². The molecule has 0 radical (unpaired) electrons. The molecule has 1 aromatic carbocycles. The molecule has 2 aromatic heterocycles. The van der Waals surface area contributed by atoms with Crippen LogP contribution in [0.15, 0.2) is 65.3 Å². The second kappa shape index (κ2) is 9.06. The molecule has 0 N–H and O–H groups in total. The molecule has 0 saturated heterocycles. The minimum absolute atomic E-state index is 0.146. The normalized spacial score (nSPS) is 11.0. The van der Waals surface area contributed by atoms with Gasteiger partial charge < -0.3 is 9.32 Å². The third-order valence-electron chi connectivity index (χ3n) is 4.11. The van der Waals surface area contributed by atoms with E-state index in [4.69, 9.17) is 4.42 Å². The summed E-state index contributed by atoms with van der Waals surface area (Å²) in [4.78, 5) is 22.8. The number of Topliss-reactive ketones (excluding diaryl/α,β-unsaturated/α-hetero) is 1. The van der Waals surface area contributed by atoms with Gasteiger partial charge in [-0.25, -0.2) is 4.98 Å². The lowest BCUT2D eigenvalue weighted by Gasteiger charge is -2.16. The minimum atomic E-state index is 0.146. The van der Waals surface area contributed by atoms with Gasteiger partial charge in [0.05, 0.1) is 12.6 Å². The number of carbonyl (C=O) groups excluding carboxylic acids is 1. The molecule has 0 saturated carbocycles. The first-order chi connectivity index (χ1) is 12.7. The van der Waals surface area contributed by atoms with Crippen molar-refractivity contribution in [1.29, 1.82) is 0 Å². The molecule has 0 atom stereocenters. The van der Waals surface area contributed by atoms with Crippen LogP contribution >= 0.6 is 0 Å². The fourth-order valence-corrected chi connectivity index (χ4v) is 2.80. The Labute approximate surface area is 153 Å². The third kappa shape index (κ3) is 5.36. The number of nitrogens with zero attached hydrogens (tertiary/aromatic N) is 3. The first-order valence-corrected chi connectivity index (χ1v) is 8.81. The van der Waals surface area contributed by atoms with Gasteiger partial charge in [-0.15, -0.1) is 0 Å². The lowest BCUT2D eigenvalue weighted by Crippen LogP contribution is -2.20. The summed E-state index contributed by atoms with van der Waals surface area (Å²) in [6.45, 7) is 1.77. The van der Waals surface area contributed by atoms with Crippen LogP contribution in [0, 0.1) is 0 Å². The van der Waals surface area contributed by atoms with Crippen LogP contribution in [-0.2, 0) is 17.8 Å². The average molecular weight is 349 g/mol. The van der Waals surface area contributed by atoms with Gasteiger partial charge in [0, 0.05) is 19.2 Å². The Morgan fingerprint density at radius 2 is 1.88 bits per heavy atom. The van der Waals surface area contributed by atoms with Gasteiger partial charge in [0.1, 0.15) is 11.5 Å². The van der Waals surface area contributed by atoms with E-state index < -0.39 is 0 Å². The highest BCUT2D eigenvalue weighted by Gasteiger charge is 2.11. The quantitative estimate of drug-likeness (QED) is 0.589. The largest absolute Gasteiger partial charge is 0.439 e. The molecule has 2 heterocycles. The van der Waals surface area contributed by atoms with E-state index in [9.17, 15) is 4.79 Å². The van der Waals surface area contributed by atoms with E-state index >= 15 is 0 Å². The van der Waals surface area contributed by atoms with Gasteiger partial charge in [-0.05, 0) is 37.7 Å². The summed E-state index contributed by atoms with van der Waals surface area (Å²) in [6, 6.07) is 15.9. The van der Waals surface area contributed by atoms with Gasteiger partial charge >= 0.3 is 0 Å². The molecule has 0 bridgehead atoms. The Morgan fingerprint density at radius 3 is 2.65 bits per heavy atom. The number of hydrogen-bond donors (Lipinski definition) is 0. The molecular weight excluding hydrogens is 326 g/mol. The predicted molar refractivity (Wildman–Crippen MR) is 100 cm³/mol. The van der Waals surface area contributed by atoms with E-state index in [0.717, 1.165) is 25.2 Å². The summed E-state index contributed by atoms with van der Waals surface area (Å²) in [5.41, 5.74) is 2.00. The maximum Gasteiger partial charge on any atom is 0.202 e. The van der Waals surface area contributed by atoms with Crippen molar-refractivity contribution in [2.45, 2.75) is 25.8 Å². The fraction of sp³-hybridized carbons (Fsp3) is 0.286. The van der Waals surface area contributed by atoms with Gasteiger partial charge in [-0.1, -0.05) is 36.4 Å². The van der Waals surface area contributed by atoms with Crippen LogP contribution in [0.2, 0.25) is 0 Å². The summed E-state index contributed by atoms with van der Waals surface area (Å²) in [7, 11) is 2.07. The van der Waals surface area contributed by atoms with Crippen LogP contribution < -0.4 is 0 Å². The summed E-state index contributed by atoms with van der Waals surface area (Å²) >= 11 is 0. The molecular formula is C21H23N3O2. The number of pyridine rings is 1. The standard InChI is InChI=1S/C21H23N3O2/c1-24(16-17-8-3-2-4-9-17)13-7-10-18(25)14-21-23-15-20(26-21)19-11-5-6-12-22-19/h2-6,8-9,11-12,15H,7,10,13-14,16H2,1H3. The highest BCUT2D eigenvalue weighted by atomic mass is 16.4. The molecule has 26 heavy (non-hydrogen) atoms. The van der Waals surface area contributed by atoms with Crippen molar-refractivity contribution >= 4 is 5.78 Å². The van der Waals surface area contributed by atoms with Crippen LogP contribution in [0.5, 0.6) is 0 Å². The Bertz CT molecular complexity index is 816. The molecule has 0 aliphatic rings. The van der Waals surface area contributed by atoms with E-state index in [2.05, 4.69) is 34.0 Å². The SMILES string of the molecule is CN(CCCC(=O)Cc1ncc(-c2ccccn2)o1)Cc1ccccc1. The molecule has 0 amide bonds. The maximum absolute atomic E-state index is 12.2. The van der Waals surface area contributed by atoms with Crippen LogP contribution in [0.4, 0.5) is 0 Å². The molecule has 0 aliphatic carbocycles. The van der Waals surface area contributed by atoms with E-state index in [1.165, 1.54) is 5.56 Å². The van der Waals surface area contributed by atoms with E-state index in [1.54, 1.807) is 12.4 Å². The molecule has 0 fully saturated rings. The van der Waals surface area contributed by atoms with Crippen LogP contribution in [0.1, 0.15) is 24.3 Å². The molecule has 5 heteroatoms.